The zero-order valence-corrected chi connectivity index (χ0v) is 17.6. The summed E-state index contributed by atoms with van der Waals surface area (Å²) < 4.78 is 0. The van der Waals surface area contributed by atoms with Crippen LogP contribution in [0.1, 0.15) is 44.7 Å². The number of benzene rings is 3. The van der Waals surface area contributed by atoms with E-state index in [9.17, 15) is 9.59 Å². The van der Waals surface area contributed by atoms with Crippen LogP contribution in [0.3, 0.4) is 0 Å². The van der Waals surface area contributed by atoms with E-state index in [4.69, 9.17) is 0 Å². The number of carbonyl (C=O) groups is 2. The fourth-order valence-electron chi connectivity index (χ4n) is 3.11. The van der Waals surface area contributed by atoms with Crippen molar-refractivity contribution in [1.82, 2.24) is 0 Å². The zero-order valence-electron chi connectivity index (χ0n) is 17.6. The number of hydrogen-bond donors (Lipinski definition) is 2. The van der Waals surface area contributed by atoms with Gasteiger partial charge in [-0.25, -0.2) is 0 Å². The second kappa shape index (κ2) is 10.4. The molecule has 0 heterocycles. The minimum absolute atomic E-state index is 0.0645. The first-order valence-corrected chi connectivity index (χ1v) is 10.3. The Morgan fingerprint density at radius 3 is 1.23 bits per heavy atom. The fourth-order valence-corrected chi connectivity index (χ4v) is 3.11. The van der Waals surface area contributed by atoms with Gasteiger partial charge in [0.05, 0.1) is 0 Å². The topological polar surface area (TPSA) is 58.2 Å². The predicted molar refractivity (Wildman–Crippen MR) is 124 cm³/mol. The minimum atomic E-state index is 0.0645. The van der Waals surface area contributed by atoms with Gasteiger partial charge in [0.15, 0.2) is 11.6 Å². The lowest BCUT2D eigenvalue weighted by Gasteiger charge is -2.08. The second-order valence-electron chi connectivity index (χ2n) is 7.51. The lowest BCUT2D eigenvalue weighted by Crippen LogP contribution is -2.10. The van der Waals surface area contributed by atoms with Gasteiger partial charge in [-0.2, -0.15) is 0 Å². The molecule has 0 unspecified atom stereocenters. The molecule has 0 atom stereocenters. The van der Waals surface area contributed by atoms with Crippen LogP contribution >= 0.6 is 0 Å². The summed E-state index contributed by atoms with van der Waals surface area (Å²) in [5, 5.41) is 6.52. The van der Waals surface area contributed by atoms with Crippen molar-refractivity contribution in [2.75, 3.05) is 23.7 Å². The molecule has 0 aliphatic carbocycles. The number of Topliss-reactive ketones (excluding diaryl/α,β-unsaturated/α-hetero) is 2. The molecule has 0 aliphatic rings. The summed E-state index contributed by atoms with van der Waals surface area (Å²) in [5.41, 5.74) is 5.70. The Morgan fingerprint density at radius 2 is 0.900 bits per heavy atom. The smallest absolute Gasteiger partial charge is 0.164 e. The molecule has 0 amide bonds. The van der Waals surface area contributed by atoms with Crippen LogP contribution in [0.4, 0.5) is 11.4 Å². The summed E-state index contributed by atoms with van der Waals surface area (Å²) in [4.78, 5) is 24.8. The fraction of sp³-hybridized carbons (Fsp3) is 0.231. The van der Waals surface area contributed by atoms with Gasteiger partial charge in [-0.15, -0.1) is 0 Å². The molecule has 0 spiro atoms. The molecule has 3 aromatic rings. The number of carbonyl (C=O) groups excluding carboxylic acids is 2. The van der Waals surface area contributed by atoms with Crippen LogP contribution in [-0.2, 0) is 0 Å². The quantitative estimate of drug-likeness (QED) is 0.430. The number of anilines is 2. The van der Waals surface area contributed by atoms with Crippen molar-refractivity contribution >= 4 is 22.9 Å². The van der Waals surface area contributed by atoms with Crippen LogP contribution in [0.2, 0.25) is 0 Å². The van der Waals surface area contributed by atoms with Gasteiger partial charge in [-0.05, 0) is 38.1 Å². The van der Waals surface area contributed by atoms with Gasteiger partial charge in [0.25, 0.3) is 0 Å². The Balaban J connectivity index is 1.43. The van der Waals surface area contributed by atoms with E-state index in [-0.39, 0.29) is 11.6 Å². The Labute approximate surface area is 178 Å². The van der Waals surface area contributed by atoms with Crippen molar-refractivity contribution in [3.05, 3.63) is 95.1 Å². The van der Waals surface area contributed by atoms with E-state index >= 15 is 0 Å². The first-order chi connectivity index (χ1) is 14.5. The molecule has 0 bridgehead atoms. The zero-order chi connectivity index (χ0) is 21.3. The third kappa shape index (κ3) is 6.31. The highest BCUT2D eigenvalue weighted by atomic mass is 16.1. The highest BCUT2D eigenvalue weighted by molar-refractivity contribution is 5.99. The molecule has 4 nitrogen and oxygen atoms in total. The third-order valence-corrected chi connectivity index (χ3v) is 4.99. The summed E-state index contributed by atoms with van der Waals surface area (Å²) in [7, 11) is 0. The molecular weight excluding hydrogens is 372 g/mol. The molecule has 154 valence electrons. The predicted octanol–water partition coefficient (Wildman–Crippen LogP) is 5.67. The first-order valence-electron chi connectivity index (χ1n) is 10.3. The molecule has 3 rings (SSSR count). The van der Waals surface area contributed by atoms with Crippen LogP contribution in [-0.4, -0.2) is 24.7 Å². The summed E-state index contributed by atoms with van der Waals surface area (Å²) in [6.45, 7) is 5.24. The van der Waals surface area contributed by atoms with E-state index in [1.54, 1.807) is 24.3 Å². The summed E-state index contributed by atoms with van der Waals surface area (Å²) in [5.74, 6) is 0.129. The van der Waals surface area contributed by atoms with Crippen molar-refractivity contribution in [3.8, 4) is 0 Å². The molecule has 0 fully saturated rings. The van der Waals surface area contributed by atoms with Gasteiger partial charge in [-0.1, -0.05) is 59.7 Å². The van der Waals surface area contributed by atoms with E-state index < -0.39 is 0 Å². The van der Waals surface area contributed by atoms with Crippen molar-refractivity contribution in [1.29, 1.82) is 0 Å². The number of ketones is 2. The highest BCUT2D eigenvalue weighted by Gasteiger charge is 2.09. The Hall–Kier alpha value is -3.40. The van der Waals surface area contributed by atoms with E-state index in [0.29, 0.717) is 37.1 Å². The lowest BCUT2D eigenvalue weighted by atomic mass is 10.0. The van der Waals surface area contributed by atoms with Gasteiger partial charge in [0.1, 0.15) is 0 Å². The molecular formula is C26H28N2O2. The van der Waals surface area contributed by atoms with Gasteiger partial charge in [0, 0.05) is 48.4 Å². The maximum atomic E-state index is 12.4. The van der Waals surface area contributed by atoms with Gasteiger partial charge in [-0.3, -0.25) is 9.59 Å². The molecule has 2 N–H and O–H groups in total. The Kier molecular flexibility index (Phi) is 7.39. The van der Waals surface area contributed by atoms with Crippen LogP contribution < -0.4 is 10.6 Å². The summed E-state index contributed by atoms with van der Waals surface area (Å²) in [6.07, 6.45) is 0.809. The molecule has 0 radical (unpaired) electrons. The maximum absolute atomic E-state index is 12.4. The van der Waals surface area contributed by atoms with E-state index in [0.717, 1.165) is 11.4 Å². The molecule has 30 heavy (non-hydrogen) atoms. The van der Waals surface area contributed by atoms with Crippen LogP contribution in [0, 0.1) is 13.8 Å². The SMILES string of the molecule is Cc1ccc(NCCC(=O)c2ccc(C(=O)CCNc3ccc(C)cc3)cc2)cc1. The van der Waals surface area contributed by atoms with Gasteiger partial charge >= 0.3 is 0 Å². The molecule has 0 saturated heterocycles. The molecule has 0 aromatic heterocycles. The van der Waals surface area contributed by atoms with Crippen molar-refractivity contribution in [3.63, 3.8) is 0 Å². The van der Waals surface area contributed by atoms with Crippen LogP contribution in [0.25, 0.3) is 0 Å². The molecule has 3 aromatic carbocycles. The van der Waals surface area contributed by atoms with Crippen LogP contribution in [0.15, 0.2) is 72.8 Å². The Bertz CT molecular complexity index is 893. The normalized spacial score (nSPS) is 10.5. The molecule has 4 heteroatoms. The van der Waals surface area contributed by atoms with Crippen LogP contribution in [0.5, 0.6) is 0 Å². The monoisotopic (exact) mass is 400 g/mol. The van der Waals surface area contributed by atoms with Crippen molar-refractivity contribution < 1.29 is 9.59 Å². The average Bonchev–Trinajstić information content (AvgIpc) is 2.76. The number of nitrogens with one attached hydrogen (secondary N) is 2. The number of aryl methyl sites for hydroxylation is 2. The number of hydrogen-bond acceptors (Lipinski definition) is 4. The molecule has 0 aliphatic heterocycles. The van der Waals surface area contributed by atoms with E-state index in [1.165, 1.54) is 11.1 Å². The minimum Gasteiger partial charge on any atom is -0.385 e. The third-order valence-electron chi connectivity index (χ3n) is 4.99. The standard InChI is InChI=1S/C26H28N2O2/c1-19-3-11-23(12-4-19)27-17-15-25(29)21-7-9-22(10-8-21)26(30)16-18-28-24-13-5-20(2)6-14-24/h3-14,27-28H,15-18H2,1-2H3. The van der Waals surface area contributed by atoms with E-state index in [1.807, 2.05) is 62.4 Å². The summed E-state index contributed by atoms with van der Waals surface area (Å²) >= 11 is 0. The highest BCUT2D eigenvalue weighted by Crippen LogP contribution is 2.12. The largest absolute Gasteiger partial charge is 0.385 e. The van der Waals surface area contributed by atoms with Gasteiger partial charge in [0.2, 0.25) is 0 Å². The first kappa shape index (κ1) is 21.3. The Morgan fingerprint density at radius 1 is 0.567 bits per heavy atom. The molecule has 0 saturated carbocycles. The number of rotatable bonds is 10. The second-order valence-corrected chi connectivity index (χ2v) is 7.51. The summed E-state index contributed by atoms with van der Waals surface area (Å²) in [6, 6.07) is 23.2. The van der Waals surface area contributed by atoms with Crippen molar-refractivity contribution in [2.45, 2.75) is 26.7 Å². The van der Waals surface area contributed by atoms with Gasteiger partial charge < -0.3 is 10.6 Å². The lowest BCUT2D eigenvalue weighted by molar-refractivity contribution is 0.0975. The maximum Gasteiger partial charge on any atom is 0.164 e. The van der Waals surface area contributed by atoms with E-state index in [2.05, 4.69) is 10.6 Å². The average molecular weight is 401 g/mol. The van der Waals surface area contributed by atoms with Crippen molar-refractivity contribution in [2.24, 2.45) is 0 Å².